The van der Waals surface area contributed by atoms with Crippen LogP contribution in [0.5, 0.6) is 0 Å². The van der Waals surface area contributed by atoms with Crippen molar-refractivity contribution in [1.82, 2.24) is 15.5 Å². The third kappa shape index (κ3) is 8.10. The van der Waals surface area contributed by atoms with E-state index in [1.807, 2.05) is 0 Å². The summed E-state index contributed by atoms with van der Waals surface area (Å²) in [5, 5.41) is 6.77. The van der Waals surface area contributed by atoms with E-state index in [4.69, 9.17) is 0 Å². The first-order chi connectivity index (χ1) is 10.1. The number of allylic oxidation sites excluding steroid dienone is 1. The van der Waals surface area contributed by atoms with E-state index in [0.717, 1.165) is 38.6 Å². The second-order valence-corrected chi connectivity index (χ2v) is 6.12. The van der Waals surface area contributed by atoms with Crippen LogP contribution in [0.4, 0.5) is 0 Å². The van der Waals surface area contributed by atoms with Crippen molar-refractivity contribution in [3.8, 4) is 0 Å². The van der Waals surface area contributed by atoms with Crippen molar-refractivity contribution >= 4 is 5.96 Å². The molecule has 21 heavy (non-hydrogen) atoms. The monoisotopic (exact) mass is 294 g/mol. The van der Waals surface area contributed by atoms with Gasteiger partial charge in [-0.15, -0.1) is 0 Å². The summed E-state index contributed by atoms with van der Waals surface area (Å²) >= 11 is 0. The zero-order valence-corrected chi connectivity index (χ0v) is 14.4. The van der Waals surface area contributed by atoms with E-state index in [1.165, 1.54) is 25.7 Å². The maximum absolute atomic E-state index is 4.65. The van der Waals surface area contributed by atoms with Crippen molar-refractivity contribution in [3.63, 3.8) is 0 Å². The lowest BCUT2D eigenvalue weighted by Gasteiger charge is -2.20. The molecule has 0 amide bonds. The SMILES string of the molecule is CCNC(=NCCN(C)C(C)C)NCCC1=CCCCC1. The van der Waals surface area contributed by atoms with Gasteiger partial charge in [-0.1, -0.05) is 11.6 Å². The molecule has 0 aromatic rings. The summed E-state index contributed by atoms with van der Waals surface area (Å²) in [6.45, 7) is 10.3. The van der Waals surface area contributed by atoms with Gasteiger partial charge in [0.15, 0.2) is 5.96 Å². The Bertz CT molecular complexity index is 334. The number of nitrogens with zero attached hydrogens (tertiary/aromatic N) is 2. The van der Waals surface area contributed by atoms with Gasteiger partial charge in [-0.25, -0.2) is 0 Å². The maximum Gasteiger partial charge on any atom is 0.191 e. The van der Waals surface area contributed by atoms with Gasteiger partial charge in [-0.05, 0) is 59.9 Å². The number of aliphatic imine (C=N–C) groups is 1. The van der Waals surface area contributed by atoms with E-state index in [-0.39, 0.29) is 0 Å². The number of hydrogen-bond donors (Lipinski definition) is 2. The number of hydrogen-bond acceptors (Lipinski definition) is 2. The molecule has 0 spiro atoms. The Labute approximate surface area is 131 Å². The fourth-order valence-electron chi connectivity index (χ4n) is 2.39. The van der Waals surface area contributed by atoms with Crippen LogP contribution in [0.3, 0.4) is 0 Å². The second-order valence-electron chi connectivity index (χ2n) is 6.12. The molecule has 1 aliphatic carbocycles. The Kier molecular flexibility index (Phi) is 9.15. The van der Waals surface area contributed by atoms with E-state index < -0.39 is 0 Å². The molecule has 4 heteroatoms. The molecule has 0 saturated heterocycles. The van der Waals surface area contributed by atoms with Gasteiger partial charge in [0, 0.05) is 25.7 Å². The Balaban J connectivity index is 2.29. The summed E-state index contributed by atoms with van der Waals surface area (Å²) in [6.07, 6.45) is 8.86. The fourth-order valence-corrected chi connectivity index (χ4v) is 2.39. The fraction of sp³-hybridized carbons (Fsp3) is 0.824. The highest BCUT2D eigenvalue weighted by Crippen LogP contribution is 2.19. The lowest BCUT2D eigenvalue weighted by Crippen LogP contribution is -2.38. The van der Waals surface area contributed by atoms with Crippen molar-refractivity contribution < 1.29 is 0 Å². The smallest absolute Gasteiger partial charge is 0.191 e. The summed E-state index contributed by atoms with van der Waals surface area (Å²) in [6, 6.07) is 0.578. The minimum Gasteiger partial charge on any atom is -0.357 e. The first-order valence-corrected chi connectivity index (χ1v) is 8.53. The molecular weight excluding hydrogens is 260 g/mol. The lowest BCUT2D eigenvalue weighted by atomic mass is 9.97. The van der Waals surface area contributed by atoms with E-state index in [9.17, 15) is 0 Å². The number of likely N-dealkylation sites (N-methyl/N-ethyl adjacent to an activating group) is 1. The molecule has 0 unspecified atom stereocenters. The highest BCUT2D eigenvalue weighted by atomic mass is 15.2. The van der Waals surface area contributed by atoms with Crippen LogP contribution in [0.1, 0.15) is 52.9 Å². The van der Waals surface area contributed by atoms with Gasteiger partial charge in [0.25, 0.3) is 0 Å². The van der Waals surface area contributed by atoms with E-state index >= 15 is 0 Å². The maximum atomic E-state index is 4.65. The molecule has 1 rings (SSSR count). The van der Waals surface area contributed by atoms with Gasteiger partial charge in [-0.3, -0.25) is 4.99 Å². The molecule has 0 radical (unpaired) electrons. The highest BCUT2D eigenvalue weighted by Gasteiger charge is 2.05. The third-order valence-corrected chi connectivity index (χ3v) is 4.07. The van der Waals surface area contributed by atoms with Crippen molar-refractivity contribution in [1.29, 1.82) is 0 Å². The van der Waals surface area contributed by atoms with Crippen molar-refractivity contribution in [2.45, 2.75) is 58.9 Å². The van der Waals surface area contributed by atoms with Crippen molar-refractivity contribution in [3.05, 3.63) is 11.6 Å². The molecule has 0 aliphatic heterocycles. The van der Waals surface area contributed by atoms with E-state index in [1.54, 1.807) is 5.57 Å². The number of rotatable bonds is 8. The van der Waals surface area contributed by atoms with Crippen LogP contribution in [-0.2, 0) is 0 Å². The van der Waals surface area contributed by atoms with Gasteiger partial charge in [0.2, 0.25) is 0 Å². The molecule has 0 aromatic heterocycles. The molecule has 0 bridgehead atoms. The molecule has 0 aromatic carbocycles. The molecule has 0 heterocycles. The predicted molar refractivity (Wildman–Crippen MR) is 92.9 cm³/mol. The van der Waals surface area contributed by atoms with Crippen LogP contribution in [0.2, 0.25) is 0 Å². The topological polar surface area (TPSA) is 39.7 Å². The van der Waals surface area contributed by atoms with Crippen LogP contribution in [0, 0.1) is 0 Å². The first-order valence-electron chi connectivity index (χ1n) is 8.53. The molecule has 1 aliphatic rings. The predicted octanol–water partition coefficient (Wildman–Crippen LogP) is 2.77. The third-order valence-electron chi connectivity index (χ3n) is 4.07. The summed E-state index contributed by atoms with van der Waals surface area (Å²) in [5.41, 5.74) is 1.61. The molecular formula is C17H34N4. The Morgan fingerprint density at radius 2 is 2.14 bits per heavy atom. The van der Waals surface area contributed by atoms with Crippen molar-refractivity contribution in [2.75, 3.05) is 33.2 Å². The van der Waals surface area contributed by atoms with Crippen LogP contribution < -0.4 is 10.6 Å². The minimum absolute atomic E-state index is 0.578. The molecule has 122 valence electrons. The summed E-state index contributed by atoms with van der Waals surface area (Å²) in [7, 11) is 2.15. The zero-order valence-electron chi connectivity index (χ0n) is 14.4. The quantitative estimate of drug-likeness (QED) is 0.411. The average Bonchev–Trinajstić information content (AvgIpc) is 2.48. The van der Waals surface area contributed by atoms with Gasteiger partial charge in [0.1, 0.15) is 0 Å². The number of guanidine groups is 1. The highest BCUT2D eigenvalue weighted by molar-refractivity contribution is 5.79. The number of nitrogens with one attached hydrogen (secondary N) is 2. The largest absolute Gasteiger partial charge is 0.357 e. The Morgan fingerprint density at radius 3 is 2.76 bits per heavy atom. The summed E-state index contributed by atoms with van der Waals surface area (Å²) < 4.78 is 0. The molecule has 0 fully saturated rings. The summed E-state index contributed by atoms with van der Waals surface area (Å²) in [4.78, 5) is 6.97. The molecule has 0 saturated carbocycles. The zero-order chi connectivity index (χ0) is 15.5. The second kappa shape index (κ2) is 10.7. The lowest BCUT2D eigenvalue weighted by molar-refractivity contribution is 0.282. The van der Waals surface area contributed by atoms with Crippen LogP contribution >= 0.6 is 0 Å². The van der Waals surface area contributed by atoms with E-state index in [2.05, 4.69) is 54.4 Å². The van der Waals surface area contributed by atoms with Crippen LogP contribution in [-0.4, -0.2) is 50.1 Å². The van der Waals surface area contributed by atoms with Gasteiger partial charge < -0.3 is 15.5 Å². The van der Waals surface area contributed by atoms with Crippen molar-refractivity contribution in [2.24, 2.45) is 4.99 Å². The van der Waals surface area contributed by atoms with Gasteiger partial charge >= 0.3 is 0 Å². The van der Waals surface area contributed by atoms with Gasteiger partial charge in [0.05, 0.1) is 6.54 Å². The average molecular weight is 294 g/mol. The van der Waals surface area contributed by atoms with Crippen LogP contribution in [0.25, 0.3) is 0 Å². The molecule has 2 N–H and O–H groups in total. The molecule has 0 atom stereocenters. The summed E-state index contributed by atoms with van der Waals surface area (Å²) in [5.74, 6) is 0.950. The van der Waals surface area contributed by atoms with Crippen LogP contribution in [0.15, 0.2) is 16.6 Å². The standard InChI is InChI=1S/C17H34N4/c1-5-18-17(20-13-14-21(4)15(2)3)19-12-11-16-9-7-6-8-10-16/h9,15H,5-8,10-14H2,1-4H3,(H2,18,19,20). The first kappa shape index (κ1) is 18.0. The Morgan fingerprint density at radius 1 is 1.33 bits per heavy atom. The minimum atomic E-state index is 0.578. The van der Waals surface area contributed by atoms with E-state index in [0.29, 0.717) is 6.04 Å². The molecule has 4 nitrogen and oxygen atoms in total. The Hall–Kier alpha value is -1.03. The normalized spacial score (nSPS) is 16.3. The van der Waals surface area contributed by atoms with Gasteiger partial charge in [-0.2, -0.15) is 0 Å².